The first-order valence-corrected chi connectivity index (χ1v) is 7.04. The monoisotopic (exact) mass is 320 g/mol. The number of ether oxygens (including phenoxy) is 2. The summed E-state index contributed by atoms with van der Waals surface area (Å²) in [5.41, 5.74) is 0.565. The third kappa shape index (κ3) is 3.62. The van der Waals surface area contributed by atoms with Crippen LogP contribution in [0.4, 0.5) is 0 Å². The average molecular weight is 320 g/mol. The van der Waals surface area contributed by atoms with E-state index in [2.05, 4.69) is 10.6 Å². The number of hydrogen-bond acceptors (Lipinski definition) is 5. The van der Waals surface area contributed by atoms with Gasteiger partial charge in [0, 0.05) is 11.6 Å². The van der Waals surface area contributed by atoms with Gasteiger partial charge < -0.3 is 9.47 Å². The van der Waals surface area contributed by atoms with Crippen molar-refractivity contribution in [2.45, 2.75) is 20.0 Å². The largest absolute Gasteiger partial charge is 0.497 e. The number of methoxy groups -OCH3 is 1. The first-order chi connectivity index (χ1) is 10.4. The van der Waals surface area contributed by atoms with E-state index in [1.165, 1.54) is 6.08 Å². The molecule has 1 saturated heterocycles. The highest BCUT2D eigenvalue weighted by Crippen LogP contribution is 2.28. The van der Waals surface area contributed by atoms with Gasteiger partial charge in [-0.2, -0.15) is 0 Å². The van der Waals surface area contributed by atoms with Gasteiger partial charge in [-0.15, -0.1) is 0 Å². The van der Waals surface area contributed by atoms with Crippen LogP contribution >= 0.6 is 12.2 Å². The first-order valence-electron chi connectivity index (χ1n) is 6.63. The number of rotatable bonds is 4. The molecule has 0 radical (unpaired) electrons. The van der Waals surface area contributed by atoms with E-state index >= 15 is 0 Å². The van der Waals surface area contributed by atoms with Crippen LogP contribution in [0.2, 0.25) is 0 Å². The van der Waals surface area contributed by atoms with Gasteiger partial charge in [-0.3, -0.25) is 20.2 Å². The Hall–Kier alpha value is -2.41. The molecule has 7 heteroatoms. The molecule has 0 bridgehead atoms. The van der Waals surface area contributed by atoms with Crippen LogP contribution in [-0.4, -0.2) is 30.1 Å². The zero-order valence-electron chi connectivity index (χ0n) is 12.4. The Kier molecular flexibility index (Phi) is 4.77. The highest BCUT2D eigenvalue weighted by Gasteiger charge is 2.26. The molecule has 22 heavy (non-hydrogen) atoms. The molecule has 0 atom stereocenters. The highest BCUT2D eigenvalue weighted by molar-refractivity contribution is 7.80. The van der Waals surface area contributed by atoms with Crippen molar-refractivity contribution in [2.24, 2.45) is 0 Å². The molecule has 2 N–H and O–H groups in total. The Labute approximate surface area is 133 Å². The van der Waals surface area contributed by atoms with Gasteiger partial charge in [0.15, 0.2) is 5.11 Å². The number of carbonyl (C=O) groups is 2. The lowest BCUT2D eigenvalue weighted by Crippen LogP contribution is -2.51. The molecular formula is C15H16N2O4S. The molecule has 1 aromatic carbocycles. The van der Waals surface area contributed by atoms with Gasteiger partial charge in [-0.25, -0.2) is 0 Å². The first kappa shape index (κ1) is 16.0. The predicted octanol–water partition coefficient (Wildman–Crippen LogP) is 1.40. The fourth-order valence-electron chi connectivity index (χ4n) is 1.88. The minimum atomic E-state index is -0.542. The maximum atomic E-state index is 11.9. The van der Waals surface area contributed by atoms with Gasteiger partial charge in [-0.1, -0.05) is 0 Å². The number of benzene rings is 1. The zero-order chi connectivity index (χ0) is 16.3. The maximum absolute atomic E-state index is 11.9. The molecule has 2 rings (SSSR count). The van der Waals surface area contributed by atoms with Crippen LogP contribution in [0.15, 0.2) is 23.8 Å². The minimum Gasteiger partial charge on any atom is -0.497 e. The van der Waals surface area contributed by atoms with E-state index in [-0.39, 0.29) is 16.8 Å². The van der Waals surface area contributed by atoms with E-state index in [0.717, 1.165) is 0 Å². The molecule has 0 unspecified atom stereocenters. The molecule has 0 aliphatic carbocycles. The Balaban J connectivity index is 2.43. The van der Waals surface area contributed by atoms with Crippen molar-refractivity contribution in [3.8, 4) is 11.5 Å². The Morgan fingerprint density at radius 2 is 1.82 bits per heavy atom. The molecule has 6 nitrogen and oxygen atoms in total. The second-order valence-corrected chi connectivity index (χ2v) is 5.27. The second-order valence-electron chi connectivity index (χ2n) is 4.87. The maximum Gasteiger partial charge on any atom is 0.263 e. The van der Waals surface area contributed by atoms with Crippen molar-refractivity contribution in [3.05, 3.63) is 29.3 Å². The molecule has 1 aliphatic rings. The fraction of sp³-hybridized carbons (Fsp3) is 0.267. The van der Waals surface area contributed by atoms with Gasteiger partial charge in [0.1, 0.15) is 17.1 Å². The SMILES string of the molecule is COc1ccc(C=C2C(=O)NC(=S)NC2=O)c(OC(C)C)c1. The molecule has 2 amide bonds. The third-order valence-corrected chi connectivity index (χ3v) is 3.03. The zero-order valence-corrected chi connectivity index (χ0v) is 13.2. The minimum absolute atomic E-state index is 0.000495. The lowest BCUT2D eigenvalue weighted by Gasteiger charge is -2.18. The molecule has 0 aromatic heterocycles. The van der Waals surface area contributed by atoms with E-state index in [4.69, 9.17) is 21.7 Å². The summed E-state index contributed by atoms with van der Waals surface area (Å²) in [6.07, 6.45) is 1.40. The molecule has 1 fully saturated rings. The van der Waals surface area contributed by atoms with Crippen molar-refractivity contribution in [2.75, 3.05) is 7.11 Å². The topological polar surface area (TPSA) is 76.7 Å². The normalized spacial score (nSPS) is 14.5. The Morgan fingerprint density at radius 1 is 1.18 bits per heavy atom. The number of amides is 2. The third-order valence-electron chi connectivity index (χ3n) is 2.83. The Bertz CT molecular complexity index is 646. The van der Waals surface area contributed by atoms with E-state index < -0.39 is 11.8 Å². The quantitative estimate of drug-likeness (QED) is 0.498. The summed E-state index contributed by atoms with van der Waals surface area (Å²) >= 11 is 4.76. The van der Waals surface area contributed by atoms with Gasteiger partial charge in [-0.05, 0) is 44.3 Å². The van der Waals surface area contributed by atoms with E-state index in [1.807, 2.05) is 13.8 Å². The summed E-state index contributed by atoms with van der Waals surface area (Å²) in [7, 11) is 1.55. The lowest BCUT2D eigenvalue weighted by atomic mass is 10.1. The van der Waals surface area contributed by atoms with Gasteiger partial charge >= 0.3 is 0 Å². The lowest BCUT2D eigenvalue weighted by molar-refractivity contribution is -0.123. The van der Waals surface area contributed by atoms with Gasteiger partial charge in [0.2, 0.25) is 0 Å². The van der Waals surface area contributed by atoms with E-state index in [1.54, 1.807) is 25.3 Å². The van der Waals surface area contributed by atoms with Crippen LogP contribution in [0.3, 0.4) is 0 Å². The van der Waals surface area contributed by atoms with Crippen molar-refractivity contribution < 1.29 is 19.1 Å². The van der Waals surface area contributed by atoms with Gasteiger partial charge in [0.05, 0.1) is 13.2 Å². The van der Waals surface area contributed by atoms with Crippen LogP contribution in [0.5, 0.6) is 11.5 Å². The number of nitrogens with one attached hydrogen (secondary N) is 2. The molecule has 1 aliphatic heterocycles. The molecule has 1 heterocycles. The van der Waals surface area contributed by atoms with Crippen LogP contribution in [0.25, 0.3) is 6.08 Å². The molecule has 116 valence electrons. The summed E-state index contributed by atoms with van der Waals surface area (Å²) in [5, 5.41) is 4.78. The number of carbonyl (C=O) groups excluding carboxylic acids is 2. The van der Waals surface area contributed by atoms with Gasteiger partial charge in [0.25, 0.3) is 11.8 Å². The summed E-state index contributed by atoms with van der Waals surface area (Å²) < 4.78 is 10.9. The van der Waals surface area contributed by atoms with Crippen LogP contribution in [0.1, 0.15) is 19.4 Å². The molecule has 0 spiro atoms. The number of hydrogen-bond donors (Lipinski definition) is 2. The van der Waals surface area contributed by atoms with Crippen molar-refractivity contribution in [3.63, 3.8) is 0 Å². The summed E-state index contributed by atoms with van der Waals surface area (Å²) in [6.45, 7) is 3.77. The fourth-order valence-corrected chi connectivity index (χ4v) is 2.06. The van der Waals surface area contributed by atoms with Crippen molar-refractivity contribution >= 4 is 35.2 Å². The Morgan fingerprint density at radius 3 is 2.36 bits per heavy atom. The van der Waals surface area contributed by atoms with E-state index in [9.17, 15) is 9.59 Å². The summed E-state index contributed by atoms with van der Waals surface area (Å²) in [5.74, 6) is 0.0623. The summed E-state index contributed by atoms with van der Waals surface area (Å²) in [6, 6.07) is 5.15. The predicted molar refractivity (Wildman–Crippen MR) is 85.6 cm³/mol. The van der Waals surface area contributed by atoms with Crippen LogP contribution < -0.4 is 20.1 Å². The molecular weight excluding hydrogens is 304 g/mol. The van der Waals surface area contributed by atoms with Crippen molar-refractivity contribution in [1.29, 1.82) is 0 Å². The van der Waals surface area contributed by atoms with Crippen molar-refractivity contribution in [1.82, 2.24) is 10.6 Å². The second kappa shape index (κ2) is 6.57. The number of thiocarbonyl (C=S) groups is 1. The smallest absolute Gasteiger partial charge is 0.263 e. The molecule has 1 aromatic rings. The standard InChI is InChI=1S/C15H16N2O4S/c1-8(2)21-12-7-10(20-3)5-4-9(12)6-11-13(18)16-15(22)17-14(11)19/h4-8H,1-3H3,(H2,16,17,18,19,22). The van der Waals surface area contributed by atoms with E-state index in [0.29, 0.717) is 17.1 Å². The highest BCUT2D eigenvalue weighted by atomic mass is 32.1. The van der Waals surface area contributed by atoms with Crippen LogP contribution in [-0.2, 0) is 9.59 Å². The van der Waals surface area contributed by atoms with Crippen LogP contribution in [0, 0.1) is 0 Å². The summed E-state index contributed by atoms with van der Waals surface area (Å²) in [4.78, 5) is 23.8. The molecule has 0 saturated carbocycles. The average Bonchev–Trinajstić information content (AvgIpc) is 2.43.